The highest BCUT2D eigenvalue weighted by atomic mass is 16.3. The maximum Gasteiger partial charge on any atom is 0.220 e. The molecule has 19 heavy (non-hydrogen) atoms. The predicted molar refractivity (Wildman–Crippen MR) is 73.7 cm³/mol. The first-order chi connectivity index (χ1) is 9.19. The number of nitrogens with two attached hydrogens (primary N) is 1. The lowest BCUT2D eigenvalue weighted by atomic mass is 10.1. The molecule has 2 aromatic rings. The molecule has 0 aliphatic rings. The summed E-state index contributed by atoms with van der Waals surface area (Å²) >= 11 is 0. The van der Waals surface area contributed by atoms with Crippen molar-refractivity contribution in [2.75, 3.05) is 13.1 Å². The van der Waals surface area contributed by atoms with Gasteiger partial charge in [-0.1, -0.05) is 6.07 Å². The number of nitrogens with zero attached hydrogens (tertiary/aromatic N) is 1. The summed E-state index contributed by atoms with van der Waals surface area (Å²) in [6.45, 7) is 3.01. The van der Waals surface area contributed by atoms with Crippen LogP contribution in [0.4, 0.5) is 0 Å². The highest BCUT2D eigenvalue weighted by Crippen LogP contribution is 2.16. The van der Waals surface area contributed by atoms with Crippen molar-refractivity contribution in [1.29, 1.82) is 0 Å². The predicted octanol–water partition coefficient (Wildman–Crippen LogP) is 1.53. The van der Waals surface area contributed by atoms with E-state index in [1.807, 2.05) is 25.1 Å². The fraction of sp³-hybridized carbons (Fsp3) is 0.429. The molecule has 0 bridgehead atoms. The Morgan fingerprint density at radius 3 is 3.11 bits per heavy atom. The number of hydrogen-bond acceptors (Lipinski definition) is 4. The van der Waals surface area contributed by atoms with E-state index in [9.17, 15) is 4.79 Å². The van der Waals surface area contributed by atoms with Crippen molar-refractivity contribution >= 4 is 17.0 Å². The van der Waals surface area contributed by atoms with Crippen molar-refractivity contribution in [2.24, 2.45) is 5.73 Å². The monoisotopic (exact) mass is 261 g/mol. The summed E-state index contributed by atoms with van der Waals surface area (Å²) in [6, 6.07) is 5.91. The Labute approximate surface area is 112 Å². The van der Waals surface area contributed by atoms with Gasteiger partial charge in [-0.25, -0.2) is 4.98 Å². The van der Waals surface area contributed by atoms with Gasteiger partial charge in [0.15, 0.2) is 11.5 Å². The van der Waals surface area contributed by atoms with Gasteiger partial charge in [0.05, 0.1) is 0 Å². The molecule has 0 aliphatic heterocycles. The molecular weight excluding hydrogens is 242 g/mol. The van der Waals surface area contributed by atoms with Gasteiger partial charge in [-0.05, 0) is 37.1 Å². The van der Waals surface area contributed by atoms with Crippen molar-refractivity contribution in [3.8, 4) is 0 Å². The quantitative estimate of drug-likeness (QED) is 0.826. The molecule has 5 nitrogen and oxygen atoms in total. The molecule has 1 aromatic heterocycles. The largest absolute Gasteiger partial charge is 0.441 e. The molecule has 0 saturated heterocycles. The highest BCUT2D eigenvalue weighted by Gasteiger charge is 2.04. The Morgan fingerprint density at radius 2 is 2.32 bits per heavy atom. The molecule has 1 heterocycles. The van der Waals surface area contributed by atoms with Crippen LogP contribution >= 0.6 is 0 Å². The van der Waals surface area contributed by atoms with Crippen LogP contribution in [0.1, 0.15) is 24.3 Å². The van der Waals surface area contributed by atoms with Crippen LogP contribution in [0.3, 0.4) is 0 Å². The van der Waals surface area contributed by atoms with Gasteiger partial charge in [0, 0.05) is 19.9 Å². The molecule has 2 rings (SSSR count). The van der Waals surface area contributed by atoms with E-state index < -0.39 is 0 Å². The van der Waals surface area contributed by atoms with Gasteiger partial charge < -0.3 is 15.5 Å². The maximum absolute atomic E-state index is 11.4. The van der Waals surface area contributed by atoms with Crippen molar-refractivity contribution in [3.05, 3.63) is 29.7 Å². The van der Waals surface area contributed by atoms with E-state index in [1.54, 1.807) is 0 Å². The van der Waals surface area contributed by atoms with E-state index in [0.29, 0.717) is 25.4 Å². The Morgan fingerprint density at radius 1 is 1.47 bits per heavy atom. The molecule has 0 radical (unpaired) electrons. The molecule has 0 saturated carbocycles. The second-order valence-corrected chi connectivity index (χ2v) is 4.53. The van der Waals surface area contributed by atoms with E-state index in [2.05, 4.69) is 10.3 Å². The topological polar surface area (TPSA) is 81.2 Å². The van der Waals surface area contributed by atoms with E-state index >= 15 is 0 Å². The zero-order chi connectivity index (χ0) is 13.7. The van der Waals surface area contributed by atoms with Crippen molar-refractivity contribution in [3.63, 3.8) is 0 Å². The summed E-state index contributed by atoms with van der Waals surface area (Å²) in [5, 5.41) is 2.88. The summed E-state index contributed by atoms with van der Waals surface area (Å²) in [7, 11) is 0. The molecule has 5 heteroatoms. The van der Waals surface area contributed by atoms with Crippen LogP contribution in [0.15, 0.2) is 22.6 Å². The minimum Gasteiger partial charge on any atom is -0.441 e. The second kappa shape index (κ2) is 6.33. The van der Waals surface area contributed by atoms with E-state index in [1.165, 1.54) is 0 Å². The van der Waals surface area contributed by atoms with Gasteiger partial charge in [0.1, 0.15) is 5.52 Å². The van der Waals surface area contributed by atoms with Gasteiger partial charge in [-0.3, -0.25) is 4.79 Å². The minimum atomic E-state index is 0.0591. The Balaban J connectivity index is 1.86. The van der Waals surface area contributed by atoms with Crippen LogP contribution in [0.25, 0.3) is 11.1 Å². The molecule has 0 unspecified atom stereocenters. The average Bonchev–Trinajstić information content (AvgIpc) is 2.75. The third kappa shape index (κ3) is 3.79. The van der Waals surface area contributed by atoms with Crippen molar-refractivity contribution in [2.45, 2.75) is 26.2 Å². The first kappa shape index (κ1) is 13.5. The average molecular weight is 261 g/mol. The lowest BCUT2D eigenvalue weighted by Gasteiger charge is -2.04. The third-order valence-electron chi connectivity index (χ3n) is 2.90. The van der Waals surface area contributed by atoms with Crippen LogP contribution in [-0.4, -0.2) is 24.0 Å². The molecular formula is C14H19N3O2. The van der Waals surface area contributed by atoms with Crippen LogP contribution in [0, 0.1) is 6.92 Å². The molecule has 1 aromatic carbocycles. The molecule has 3 N–H and O–H groups in total. The summed E-state index contributed by atoms with van der Waals surface area (Å²) in [6.07, 6.45) is 2.02. The normalized spacial score (nSPS) is 10.8. The molecule has 0 aliphatic carbocycles. The lowest BCUT2D eigenvalue weighted by molar-refractivity contribution is -0.121. The summed E-state index contributed by atoms with van der Waals surface area (Å²) in [4.78, 5) is 15.7. The molecule has 102 valence electrons. The zero-order valence-electron chi connectivity index (χ0n) is 11.1. The van der Waals surface area contributed by atoms with Crippen LogP contribution in [0.2, 0.25) is 0 Å². The lowest BCUT2D eigenvalue weighted by Crippen LogP contribution is -2.25. The fourth-order valence-corrected chi connectivity index (χ4v) is 1.94. The first-order valence-electron chi connectivity index (χ1n) is 6.52. The molecule has 0 atom stereocenters. The van der Waals surface area contributed by atoms with Crippen molar-refractivity contribution < 1.29 is 9.21 Å². The van der Waals surface area contributed by atoms with Gasteiger partial charge in [0.25, 0.3) is 0 Å². The molecule has 0 spiro atoms. The van der Waals surface area contributed by atoms with E-state index in [-0.39, 0.29) is 5.91 Å². The minimum absolute atomic E-state index is 0.0591. The van der Waals surface area contributed by atoms with E-state index in [0.717, 1.165) is 29.5 Å². The number of amides is 1. The molecule has 0 fully saturated rings. The highest BCUT2D eigenvalue weighted by molar-refractivity contribution is 5.76. The number of nitrogens with one attached hydrogen (secondary N) is 1. The fourth-order valence-electron chi connectivity index (χ4n) is 1.94. The number of aromatic nitrogens is 1. The molecule has 1 amide bonds. The SMILES string of the molecule is Cc1nc2cc(CCNC(=O)CCCN)ccc2o1. The van der Waals surface area contributed by atoms with Crippen molar-refractivity contribution in [1.82, 2.24) is 10.3 Å². The number of carbonyl (C=O) groups excluding carboxylic acids is 1. The number of oxazole rings is 1. The standard InChI is InChI=1S/C14H19N3O2/c1-10-17-12-9-11(4-5-13(12)19-10)6-8-16-14(18)3-2-7-15/h4-5,9H,2-3,6-8,15H2,1H3,(H,16,18). The number of aryl methyl sites for hydroxylation is 1. The van der Waals surface area contributed by atoms with Gasteiger partial charge >= 0.3 is 0 Å². The summed E-state index contributed by atoms with van der Waals surface area (Å²) in [5.41, 5.74) is 8.16. The van der Waals surface area contributed by atoms with Gasteiger partial charge in [-0.2, -0.15) is 0 Å². The smallest absolute Gasteiger partial charge is 0.220 e. The number of benzene rings is 1. The number of rotatable bonds is 6. The first-order valence-corrected chi connectivity index (χ1v) is 6.52. The van der Waals surface area contributed by atoms with Gasteiger partial charge in [-0.15, -0.1) is 0 Å². The van der Waals surface area contributed by atoms with Crippen LogP contribution in [-0.2, 0) is 11.2 Å². The third-order valence-corrected chi connectivity index (χ3v) is 2.90. The number of fused-ring (bicyclic) bond motifs is 1. The Hall–Kier alpha value is -1.88. The number of hydrogen-bond donors (Lipinski definition) is 2. The van der Waals surface area contributed by atoms with Crippen LogP contribution < -0.4 is 11.1 Å². The van der Waals surface area contributed by atoms with Gasteiger partial charge in [0.2, 0.25) is 5.91 Å². The van der Waals surface area contributed by atoms with Crippen LogP contribution in [0.5, 0.6) is 0 Å². The number of carbonyl (C=O) groups is 1. The van der Waals surface area contributed by atoms with E-state index in [4.69, 9.17) is 10.2 Å². The Bertz CT molecular complexity index is 563. The second-order valence-electron chi connectivity index (χ2n) is 4.53. The summed E-state index contributed by atoms with van der Waals surface area (Å²) < 4.78 is 5.42. The Kier molecular flexibility index (Phi) is 4.52. The zero-order valence-corrected chi connectivity index (χ0v) is 11.1. The summed E-state index contributed by atoms with van der Waals surface area (Å²) in [5.74, 6) is 0.728. The maximum atomic E-state index is 11.4.